The number of hydrogen-bond acceptors (Lipinski definition) is 3. The first kappa shape index (κ1) is 14.4. The van der Waals surface area contributed by atoms with E-state index in [0.29, 0.717) is 24.8 Å². The Bertz CT molecular complexity index is 183. The number of carbonyl (C=O) groups is 1. The van der Waals surface area contributed by atoms with Crippen LogP contribution in [0.5, 0.6) is 0 Å². The summed E-state index contributed by atoms with van der Waals surface area (Å²) in [5, 5.41) is 1.28. The quantitative estimate of drug-likeness (QED) is 0.655. The average Bonchev–Trinajstić information content (AvgIpc) is 2.21. The minimum Gasteiger partial charge on any atom is -0.330 e. The number of hydroxylamine groups is 2. The van der Waals surface area contributed by atoms with Crippen molar-refractivity contribution in [1.82, 2.24) is 5.06 Å². The lowest BCUT2D eigenvalue weighted by atomic mass is 9.88. The third kappa shape index (κ3) is 5.74. The van der Waals surface area contributed by atoms with E-state index in [-0.39, 0.29) is 5.91 Å². The summed E-state index contributed by atoms with van der Waals surface area (Å²) in [7, 11) is 3.13. The second-order valence-corrected chi connectivity index (χ2v) is 4.19. The standard InChI is InChI=1S/C11H24N2O2/c1-9(2)10(7-8-12)5-6-11(14)13(3)15-4/h9-10H,5-8,12H2,1-4H3. The van der Waals surface area contributed by atoms with Gasteiger partial charge in [-0.1, -0.05) is 13.8 Å². The molecule has 1 unspecified atom stereocenters. The Morgan fingerprint density at radius 3 is 2.40 bits per heavy atom. The Hall–Kier alpha value is -0.610. The summed E-state index contributed by atoms with van der Waals surface area (Å²) in [6.07, 6.45) is 2.41. The molecule has 0 rings (SSSR count). The highest BCUT2D eigenvalue weighted by molar-refractivity contribution is 5.74. The Balaban J connectivity index is 3.93. The highest BCUT2D eigenvalue weighted by atomic mass is 16.7. The lowest BCUT2D eigenvalue weighted by Crippen LogP contribution is -2.26. The smallest absolute Gasteiger partial charge is 0.245 e. The van der Waals surface area contributed by atoms with Gasteiger partial charge in [0, 0.05) is 13.5 Å². The van der Waals surface area contributed by atoms with Gasteiger partial charge in [-0.2, -0.15) is 0 Å². The van der Waals surface area contributed by atoms with Crippen molar-refractivity contribution < 1.29 is 9.63 Å². The molecule has 0 heterocycles. The normalized spacial score (nSPS) is 12.9. The fourth-order valence-corrected chi connectivity index (χ4v) is 1.59. The molecule has 1 amide bonds. The minimum absolute atomic E-state index is 0.0279. The summed E-state index contributed by atoms with van der Waals surface area (Å²) in [5.74, 6) is 1.14. The van der Waals surface area contributed by atoms with Crippen LogP contribution in [0, 0.1) is 11.8 Å². The summed E-state index contributed by atoms with van der Waals surface area (Å²) in [4.78, 5) is 16.3. The van der Waals surface area contributed by atoms with Crippen LogP contribution in [-0.4, -0.2) is 31.7 Å². The van der Waals surface area contributed by atoms with E-state index < -0.39 is 0 Å². The van der Waals surface area contributed by atoms with Crippen LogP contribution in [0.25, 0.3) is 0 Å². The number of carbonyl (C=O) groups excluding carboxylic acids is 1. The van der Waals surface area contributed by atoms with Gasteiger partial charge in [-0.05, 0) is 31.2 Å². The van der Waals surface area contributed by atoms with Gasteiger partial charge in [-0.15, -0.1) is 0 Å². The molecule has 0 aromatic rings. The van der Waals surface area contributed by atoms with Crippen molar-refractivity contribution in [2.24, 2.45) is 17.6 Å². The SMILES string of the molecule is CON(C)C(=O)CCC(CCN)C(C)C. The lowest BCUT2D eigenvalue weighted by Gasteiger charge is -2.21. The van der Waals surface area contributed by atoms with Gasteiger partial charge in [0.2, 0.25) is 5.91 Å². The summed E-state index contributed by atoms with van der Waals surface area (Å²) >= 11 is 0. The first-order chi connectivity index (χ1) is 7.02. The number of amides is 1. The van der Waals surface area contributed by atoms with Crippen LogP contribution in [0.2, 0.25) is 0 Å². The van der Waals surface area contributed by atoms with Gasteiger partial charge in [0.15, 0.2) is 0 Å². The highest BCUT2D eigenvalue weighted by Crippen LogP contribution is 2.20. The third-order valence-electron chi connectivity index (χ3n) is 2.83. The molecule has 4 nitrogen and oxygen atoms in total. The highest BCUT2D eigenvalue weighted by Gasteiger charge is 2.16. The molecule has 0 radical (unpaired) electrons. The molecule has 0 aromatic heterocycles. The van der Waals surface area contributed by atoms with Crippen molar-refractivity contribution in [3.63, 3.8) is 0 Å². The van der Waals surface area contributed by atoms with E-state index in [0.717, 1.165) is 12.8 Å². The molecule has 0 saturated heterocycles. The van der Waals surface area contributed by atoms with E-state index in [2.05, 4.69) is 13.8 Å². The molecule has 4 heteroatoms. The van der Waals surface area contributed by atoms with Crippen LogP contribution in [-0.2, 0) is 9.63 Å². The lowest BCUT2D eigenvalue weighted by molar-refractivity contribution is -0.169. The molecule has 0 fully saturated rings. The molecule has 15 heavy (non-hydrogen) atoms. The maximum absolute atomic E-state index is 11.5. The molecule has 0 saturated carbocycles. The van der Waals surface area contributed by atoms with Gasteiger partial charge in [0.25, 0.3) is 0 Å². The largest absolute Gasteiger partial charge is 0.330 e. The number of rotatable bonds is 7. The van der Waals surface area contributed by atoms with Crippen molar-refractivity contribution >= 4 is 5.91 Å². The molecule has 0 aromatic carbocycles. The molecule has 0 aliphatic rings. The van der Waals surface area contributed by atoms with Crippen molar-refractivity contribution in [3.05, 3.63) is 0 Å². The van der Waals surface area contributed by atoms with Gasteiger partial charge in [0.05, 0.1) is 7.11 Å². The van der Waals surface area contributed by atoms with E-state index in [1.807, 2.05) is 0 Å². The zero-order valence-electron chi connectivity index (χ0n) is 10.3. The first-order valence-electron chi connectivity index (χ1n) is 5.53. The molecule has 0 aliphatic heterocycles. The average molecular weight is 216 g/mol. The van der Waals surface area contributed by atoms with Crippen LogP contribution in [0.4, 0.5) is 0 Å². The first-order valence-corrected chi connectivity index (χ1v) is 5.53. The second-order valence-electron chi connectivity index (χ2n) is 4.19. The number of nitrogens with two attached hydrogens (primary N) is 1. The monoisotopic (exact) mass is 216 g/mol. The summed E-state index contributed by atoms with van der Waals surface area (Å²) in [6, 6.07) is 0. The Labute approximate surface area is 92.7 Å². The van der Waals surface area contributed by atoms with E-state index >= 15 is 0 Å². The molecule has 2 N–H and O–H groups in total. The van der Waals surface area contributed by atoms with E-state index in [4.69, 9.17) is 10.6 Å². The minimum atomic E-state index is 0.0279. The number of nitrogens with zero attached hydrogens (tertiary/aromatic N) is 1. The van der Waals surface area contributed by atoms with Crippen LogP contribution in [0.3, 0.4) is 0 Å². The van der Waals surface area contributed by atoms with Crippen LogP contribution < -0.4 is 5.73 Å². The molecule has 0 aliphatic carbocycles. The van der Waals surface area contributed by atoms with Crippen molar-refractivity contribution in [1.29, 1.82) is 0 Å². The molecule has 90 valence electrons. The van der Waals surface area contributed by atoms with Crippen molar-refractivity contribution in [2.75, 3.05) is 20.7 Å². The Morgan fingerprint density at radius 1 is 1.40 bits per heavy atom. The predicted molar refractivity (Wildman–Crippen MR) is 61.0 cm³/mol. The van der Waals surface area contributed by atoms with Crippen molar-refractivity contribution in [2.45, 2.75) is 33.1 Å². The molecule has 0 bridgehead atoms. The fourth-order valence-electron chi connectivity index (χ4n) is 1.59. The Kier molecular flexibility index (Phi) is 7.34. The maximum Gasteiger partial charge on any atom is 0.245 e. The van der Waals surface area contributed by atoms with Crippen LogP contribution >= 0.6 is 0 Å². The van der Waals surface area contributed by atoms with E-state index in [1.165, 1.54) is 12.2 Å². The summed E-state index contributed by atoms with van der Waals surface area (Å²) in [6.45, 7) is 5.03. The van der Waals surface area contributed by atoms with Crippen molar-refractivity contribution in [3.8, 4) is 0 Å². The predicted octanol–water partition coefficient (Wildman–Crippen LogP) is 1.41. The summed E-state index contributed by atoms with van der Waals surface area (Å²) < 4.78 is 0. The Morgan fingerprint density at radius 2 is 2.00 bits per heavy atom. The van der Waals surface area contributed by atoms with Crippen LogP contribution in [0.1, 0.15) is 33.1 Å². The zero-order chi connectivity index (χ0) is 11.8. The summed E-state index contributed by atoms with van der Waals surface area (Å²) in [5.41, 5.74) is 5.54. The third-order valence-corrected chi connectivity index (χ3v) is 2.83. The van der Waals surface area contributed by atoms with Crippen LogP contribution in [0.15, 0.2) is 0 Å². The second kappa shape index (κ2) is 7.65. The molecule has 0 spiro atoms. The molecule has 1 atom stereocenters. The van der Waals surface area contributed by atoms with Gasteiger partial charge >= 0.3 is 0 Å². The van der Waals surface area contributed by atoms with Gasteiger partial charge in [-0.25, -0.2) is 5.06 Å². The van der Waals surface area contributed by atoms with E-state index in [9.17, 15) is 4.79 Å². The maximum atomic E-state index is 11.5. The zero-order valence-corrected chi connectivity index (χ0v) is 10.3. The topological polar surface area (TPSA) is 55.6 Å². The van der Waals surface area contributed by atoms with E-state index in [1.54, 1.807) is 7.05 Å². The van der Waals surface area contributed by atoms with Gasteiger partial charge in [-0.3, -0.25) is 9.63 Å². The molecular weight excluding hydrogens is 192 g/mol. The van der Waals surface area contributed by atoms with Gasteiger partial charge < -0.3 is 5.73 Å². The fraction of sp³-hybridized carbons (Fsp3) is 0.909. The number of hydrogen-bond donors (Lipinski definition) is 1. The van der Waals surface area contributed by atoms with Gasteiger partial charge in [0.1, 0.15) is 0 Å². The molecular formula is C11H24N2O2.